The van der Waals surface area contributed by atoms with Crippen molar-refractivity contribution in [1.29, 1.82) is 0 Å². The Morgan fingerprint density at radius 1 is 1.12 bits per heavy atom. The van der Waals surface area contributed by atoms with E-state index in [1.54, 1.807) is 0 Å². The molecule has 2 aliphatic rings. The van der Waals surface area contributed by atoms with E-state index in [2.05, 4.69) is 20.3 Å². The number of hydrogen-bond acceptors (Lipinski definition) is 6. The SMILES string of the molecule is NC1=NC(c2nc(F)ccc2F)(C2CCC(F)(F)CC2)NC(N)=N1. The molecule has 0 saturated heterocycles. The maximum absolute atomic E-state index is 14.4. The van der Waals surface area contributed by atoms with Gasteiger partial charge in [0.25, 0.3) is 0 Å². The zero-order valence-electron chi connectivity index (χ0n) is 12.6. The normalized spacial score (nSPS) is 27.2. The van der Waals surface area contributed by atoms with Gasteiger partial charge in [-0.3, -0.25) is 0 Å². The van der Waals surface area contributed by atoms with Gasteiger partial charge >= 0.3 is 0 Å². The van der Waals surface area contributed by atoms with Crippen LogP contribution in [0.3, 0.4) is 0 Å². The summed E-state index contributed by atoms with van der Waals surface area (Å²) in [5.74, 6) is -5.58. The van der Waals surface area contributed by atoms with Gasteiger partial charge in [0.15, 0.2) is 11.6 Å². The van der Waals surface area contributed by atoms with Gasteiger partial charge in [0, 0.05) is 18.8 Å². The minimum atomic E-state index is -2.80. The number of nitrogens with one attached hydrogen (secondary N) is 1. The first-order chi connectivity index (χ1) is 11.2. The molecule has 1 unspecified atom stereocenters. The lowest BCUT2D eigenvalue weighted by atomic mass is 9.76. The van der Waals surface area contributed by atoms with Crippen LogP contribution < -0.4 is 16.8 Å². The molecule has 1 saturated carbocycles. The quantitative estimate of drug-likeness (QED) is 0.560. The first-order valence-electron chi connectivity index (χ1n) is 7.40. The largest absolute Gasteiger partial charge is 0.370 e. The van der Waals surface area contributed by atoms with Crippen molar-refractivity contribution >= 4 is 11.9 Å². The molecule has 10 heteroatoms. The minimum Gasteiger partial charge on any atom is -0.370 e. The monoisotopic (exact) mass is 344 g/mol. The Morgan fingerprint density at radius 3 is 2.42 bits per heavy atom. The second-order valence-electron chi connectivity index (χ2n) is 5.95. The molecular formula is C14H16F4N6. The van der Waals surface area contributed by atoms with Crippen molar-refractivity contribution in [1.82, 2.24) is 10.3 Å². The van der Waals surface area contributed by atoms with Crippen molar-refractivity contribution in [2.45, 2.75) is 37.3 Å². The number of nitrogens with zero attached hydrogens (tertiary/aromatic N) is 3. The number of nitrogens with two attached hydrogens (primary N) is 2. The highest BCUT2D eigenvalue weighted by Crippen LogP contribution is 2.45. The highest BCUT2D eigenvalue weighted by molar-refractivity contribution is 5.95. The maximum atomic E-state index is 14.4. The first-order valence-corrected chi connectivity index (χ1v) is 7.40. The van der Waals surface area contributed by atoms with Gasteiger partial charge in [0.05, 0.1) is 0 Å². The average Bonchev–Trinajstić information content (AvgIpc) is 2.48. The van der Waals surface area contributed by atoms with E-state index in [1.807, 2.05) is 0 Å². The van der Waals surface area contributed by atoms with Crippen LogP contribution in [0.25, 0.3) is 0 Å². The zero-order chi connectivity index (χ0) is 17.5. The third kappa shape index (κ3) is 2.87. The van der Waals surface area contributed by atoms with Crippen LogP contribution in [-0.2, 0) is 5.66 Å². The molecule has 1 atom stereocenters. The molecule has 0 spiro atoms. The van der Waals surface area contributed by atoms with Gasteiger partial charge in [-0.15, -0.1) is 0 Å². The van der Waals surface area contributed by atoms with E-state index in [1.165, 1.54) is 0 Å². The molecule has 1 aromatic heterocycles. The van der Waals surface area contributed by atoms with E-state index in [4.69, 9.17) is 11.5 Å². The van der Waals surface area contributed by atoms with E-state index in [-0.39, 0.29) is 30.5 Å². The fourth-order valence-electron chi connectivity index (χ4n) is 3.22. The van der Waals surface area contributed by atoms with Crippen molar-refractivity contribution in [3.8, 4) is 0 Å². The number of hydrogen-bond donors (Lipinski definition) is 3. The molecule has 0 bridgehead atoms. The van der Waals surface area contributed by atoms with Gasteiger partial charge in [0.1, 0.15) is 11.5 Å². The van der Waals surface area contributed by atoms with Crippen molar-refractivity contribution in [2.24, 2.45) is 27.4 Å². The van der Waals surface area contributed by atoms with Crippen molar-refractivity contribution in [3.63, 3.8) is 0 Å². The Morgan fingerprint density at radius 2 is 1.79 bits per heavy atom. The van der Waals surface area contributed by atoms with Crippen LogP contribution in [0.1, 0.15) is 31.4 Å². The molecule has 130 valence electrons. The first kappa shape index (κ1) is 16.5. The van der Waals surface area contributed by atoms with E-state index in [0.29, 0.717) is 0 Å². The number of aromatic nitrogens is 1. The highest BCUT2D eigenvalue weighted by Gasteiger charge is 2.50. The van der Waals surface area contributed by atoms with E-state index in [9.17, 15) is 17.6 Å². The van der Waals surface area contributed by atoms with Crippen LogP contribution in [0.15, 0.2) is 22.1 Å². The van der Waals surface area contributed by atoms with Gasteiger partial charge in [0.2, 0.25) is 17.8 Å². The summed E-state index contributed by atoms with van der Waals surface area (Å²) in [6.45, 7) is 0. The summed E-state index contributed by atoms with van der Waals surface area (Å²) in [7, 11) is 0. The summed E-state index contributed by atoms with van der Waals surface area (Å²) in [6, 6.07) is 1.75. The van der Waals surface area contributed by atoms with Gasteiger partial charge in [-0.25, -0.2) is 23.1 Å². The molecule has 3 rings (SSSR count). The van der Waals surface area contributed by atoms with Crippen LogP contribution in [0.4, 0.5) is 17.6 Å². The molecule has 0 amide bonds. The van der Waals surface area contributed by atoms with Gasteiger partial charge in [-0.1, -0.05) is 0 Å². The highest BCUT2D eigenvalue weighted by atomic mass is 19.3. The Kier molecular flexibility index (Phi) is 3.84. The number of alkyl halides is 2. The summed E-state index contributed by atoms with van der Waals surface area (Å²) >= 11 is 0. The smallest absolute Gasteiger partial charge is 0.248 e. The van der Waals surface area contributed by atoms with Crippen LogP contribution in [0.2, 0.25) is 0 Å². The minimum absolute atomic E-state index is 0.0156. The van der Waals surface area contributed by atoms with E-state index < -0.39 is 42.1 Å². The topological polar surface area (TPSA) is 102 Å². The lowest BCUT2D eigenvalue weighted by Crippen LogP contribution is -2.57. The second kappa shape index (κ2) is 5.60. The van der Waals surface area contributed by atoms with Gasteiger partial charge in [-0.05, 0) is 25.0 Å². The molecule has 5 N–H and O–H groups in total. The van der Waals surface area contributed by atoms with Crippen molar-refractivity contribution < 1.29 is 17.6 Å². The summed E-state index contributed by atoms with van der Waals surface area (Å²) in [5.41, 5.74) is 9.26. The molecule has 6 nitrogen and oxygen atoms in total. The fraction of sp³-hybridized carbons (Fsp3) is 0.500. The fourth-order valence-corrected chi connectivity index (χ4v) is 3.22. The molecule has 1 fully saturated rings. The summed E-state index contributed by atoms with van der Waals surface area (Å²) in [4.78, 5) is 11.4. The van der Waals surface area contributed by atoms with Crippen molar-refractivity contribution in [3.05, 3.63) is 29.6 Å². The van der Waals surface area contributed by atoms with Gasteiger partial charge in [-0.2, -0.15) is 9.38 Å². The molecule has 1 aliphatic carbocycles. The molecule has 0 radical (unpaired) electrons. The van der Waals surface area contributed by atoms with Crippen LogP contribution in [-0.4, -0.2) is 22.8 Å². The Hall–Kier alpha value is -2.39. The third-order valence-electron chi connectivity index (χ3n) is 4.33. The Labute approximate surface area is 135 Å². The van der Waals surface area contributed by atoms with Crippen LogP contribution in [0.5, 0.6) is 0 Å². The molecule has 0 aromatic carbocycles. The predicted molar refractivity (Wildman–Crippen MR) is 79.1 cm³/mol. The predicted octanol–water partition coefficient (Wildman–Crippen LogP) is 1.57. The molecule has 24 heavy (non-hydrogen) atoms. The number of guanidine groups is 2. The van der Waals surface area contributed by atoms with Gasteiger partial charge < -0.3 is 16.8 Å². The third-order valence-corrected chi connectivity index (χ3v) is 4.33. The Bertz CT molecular complexity index is 709. The molecule has 1 aliphatic heterocycles. The maximum Gasteiger partial charge on any atom is 0.248 e. The Balaban J connectivity index is 2.09. The number of halogens is 4. The number of aliphatic imine (C=N–C) groups is 2. The summed E-state index contributed by atoms with van der Waals surface area (Å²) in [5, 5.41) is 2.69. The second-order valence-corrected chi connectivity index (χ2v) is 5.95. The van der Waals surface area contributed by atoms with Crippen molar-refractivity contribution in [2.75, 3.05) is 0 Å². The molecular weight excluding hydrogens is 328 g/mol. The van der Waals surface area contributed by atoms with E-state index in [0.717, 1.165) is 12.1 Å². The van der Waals surface area contributed by atoms with E-state index >= 15 is 0 Å². The van der Waals surface area contributed by atoms with Crippen LogP contribution in [0, 0.1) is 17.7 Å². The lowest BCUT2D eigenvalue weighted by molar-refractivity contribution is -0.0569. The molecule has 1 aromatic rings. The average molecular weight is 344 g/mol. The summed E-state index contributed by atoms with van der Waals surface area (Å²) in [6.07, 6.45) is -0.765. The molecule has 2 heterocycles. The summed E-state index contributed by atoms with van der Waals surface area (Å²) < 4.78 is 54.9. The zero-order valence-corrected chi connectivity index (χ0v) is 12.6. The standard InChI is InChI=1S/C14H16F4N6/c15-8-1-2-9(16)21-10(8)14(23-11(19)22-12(20)24-14)7-3-5-13(17,18)6-4-7/h1-2,7H,3-6H2,(H5,19,20,22,23,24). The lowest BCUT2D eigenvalue weighted by Gasteiger charge is -2.42. The number of pyridine rings is 1. The number of rotatable bonds is 2. The van der Waals surface area contributed by atoms with Crippen LogP contribution >= 0.6 is 0 Å².